The topological polar surface area (TPSA) is 151 Å². The minimum Gasteiger partial charge on any atom is -0.485 e. The Hall–Kier alpha value is -2.94. The van der Waals surface area contributed by atoms with Crippen molar-refractivity contribution < 1.29 is 40.6 Å². The van der Waals surface area contributed by atoms with Gasteiger partial charge >= 0.3 is 6.09 Å². The van der Waals surface area contributed by atoms with E-state index in [2.05, 4.69) is 10.0 Å². The molecule has 0 spiro atoms. The Balaban J connectivity index is 1.91. The normalized spacial score (nSPS) is 15.9. The zero-order chi connectivity index (χ0) is 24.9. The molecule has 2 aromatic carbocycles. The number of hydrogen-bond donors (Lipinski definition) is 3. The molecule has 186 valence electrons. The van der Waals surface area contributed by atoms with Gasteiger partial charge in [-0.3, -0.25) is 9.62 Å². The number of halogens is 1. The minimum absolute atomic E-state index is 0.00458. The first-order valence-electron chi connectivity index (χ1n) is 10.2. The molecule has 11 nitrogen and oxygen atoms in total. The molecule has 1 heterocycles. The average molecular weight is 518 g/mol. The predicted molar refractivity (Wildman–Crippen MR) is 122 cm³/mol. The fourth-order valence-electron chi connectivity index (χ4n) is 3.19. The largest absolute Gasteiger partial charge is 0.485 e. The van der Waals surface area contributed by atoms with Crippen LogP contribution in [0.25, 0.3) is 0 Å². The third-order valence-corrected chi connectivity index (χ3v) is 7.88. The number of rotatable bonds is 10. The first-order valence-corrected chi connectivity index (χ1v) is 13.2. The maximum atomic E-state index is 13.4. The maximum Gasteiger partial charge on any atom is 0.409 e. The molecule has 1 atom stereocenters. The zero-order valence-corrected chi connectivity index (χ0v) is 19.7. The van der Waals surface area contributed by atoms with Crippen molar-refractivity contribution in [3.63, 3.8) is 0 Å². The fraction of sp³-hybridized carbons (Fsp3) is 0.350. The number of carbonyl (C=O) groups is 1. The molecule has 1 unspecified atom stereocenters. The molecule has 0 bridgehead atoms. The molecule has 1 amide bonds. The summed E-state index contributed by atoms with van der Waals surface area (Å²) in [7, 11) is -7.93. The Kier molecular flexibility index (Phi) is 7.97. The summed E-state index contributed by atoms with van der Waals surface area (Å²) in [6.07, 6.45) is -2.24. The van der Waals surface area contributed by atoms with Gasteiger partial charge in [0, 0.05) is 18.8 Å². The smallest absolute Gasteiger partial charge is 0.409 e. The highest BCUT2D eigenvalue weighted by Gasteiger charge is 2.35. The summed E-state index contributed by atoms with van der Waals surface area (Å²) in [5, 5.41) is 11.1. The number of sulfonamides is 2. The van der Waals surface area contributed by atoms with Crippen LogP contribution in [0.4, 0.5) is 20.6 Å². The number of fused-ring (bicyclic) bond motifs is 1. The Bertz CT molecular complexity index is 1240. The van der Waals surface area contributed by atoms with Gasteiger partial charge in [-0.15, -0.1) is 0 Å². The van der Waals surface area contributed by atoms with E-state index in [0.717, 1.165) is 28.6 Å². The number of nitrogens with one attached hydrogen (secondary N) is 2. The molecule has 14 heteroatoms. The van der Waals surface area contributed by atoms with Gasteiger partial charge in [-0.2, -0.15) is 0 Å². The number of carboxylic acid groups (broad SMARTS) is 1. The first kappa shape index (κ1) is 25.7. The quantitative estimate of drug-likeness (QED) is 0.404. The third kappa shape index (κ3) is 6.34. The van der Waals surface area contributed by atoms with Crippen molar-refractivity contribution in [1.82, 2.24) is 4.72 Å². The van der Waals surface area contributed by atoms with Gasteiger partial charge in [-0.25, -0.2) is 30.7 Å². The second-order valence-corrected chi connectivity index (χ2v) is 11.0. The average Bonchev–Trinajstić information content (AvgIpc) is 2.77. The van der Waals surface area contributed by atoms with E-state index in [-0.39, 0.29) is 47.5 Å². The number of benzene rings is 2. The molecule has 0 aromatic heterocycles. The number of amides is 1. The molecule has 0 saturated carbocycles. The van der Waals surface area contributed by atoms with Gasteiger partial charge in [0.1, 0.15) is 17.7 Å². The molecule has 3 rings (SSSR count). The lowest BCUT2D eigenvalue weighted by molar-refractivity contribution is 0.163. The van der Waals surface area contributed by atoms with Gasteiger partial charge in [-0.05, 0) is 49.4 Å². The van der Waals surface area contributed by atoms with E-state index in [0.29, 0.717) is 6.61 Å². The van der Waals surface area contributed by atoms with E-state index in [4.69, 9.17) is 14.6 Å². The molecule has 1 aliphatic heterocycles. The molecular formula is C20H24FN3O8S2. The van der Waals surface area contributed by atoms with Crippen LogP contribution >= 0.6 is 0 Å². The summed E-state index contributed by atoms with van der Waals surface area (Å²) in [6.45, 7) is 1.61. The van der Waals surface area contributed by atoms with E-state index in [1.807, 2.05) is 0 Å². The molecule has 3 N–H and O–H groups in total. The van der Waals surface area contributed by atoms with Crippen molar-refractivity contribution in [2.45, 2.75) is 17.9 Å². The monoisotopic (exact) mass is 517 g/mol. The van der Waals surface area contributed by atoms with Crippen LogP contribution in [0.5, 0.6) is 5.75 Å². The van der Waals surface area contributed by atoms with E-state index in [1.165, 1.54) is 18.2 Å². The van der Waals surface area contributed by atoms with Crippen LogP contribution in [0.1, 0.15) is 6.92 Å². The van der Waals surface area contributed by atoms with Crippen LogP contribution in [0.3, 0.4) is 0 Å². The second kappa shape index (κ2) is 10.5. The Morgan fingerprint density at radius 2 is 1.91 bits per heavy atom. The van der Waals surface area contributed by atoms with Crippen molar-refractivity contribution in [2.24, 2.45) is 0 Å². The summed E-state index contributed by atoms with van der Waals surface area (Å²) >= 11 is 0. The lowest BCUT2D eigenvalue weighted by Gasteiger charge is -2.35. The molecule has 0 radical (unpaired) electrons. The molecule has 0 fully saturated rings. The van der Waals surface area contributed by atoms with Crippen molar-refractivity contribution >= 4 is 37.5 Å². The first-order chi connectivity index (χ1) is 16.0. The highest BCUT2D eigenvalue weighted by molar-refractivity contribution is 7.92. The predicted octanol–water partition coefficient (Wildman–Crippen LogP) is 1.83. The summed E-state index contributed by atoms with van der Waals surface area (Å²) in [4.78, 5) is 10.8. The van der Waals surface area contributed by atoms with Crippen LogP contribution in [0.15, 0.2) is 47.4 Å². The number of nitrogens with zero attached hydrogens (tertiary/aromatic N) is 1. The second-order valence-electron chi connectivity index (χ2n) is 7.21. The van der Waals surface area contributed by atoms with Crippen molar-refractivity contribution in [3.05, 3.63) is 48.3 Å². The van der Waals surface area contributed by atoms with Crippen LogP contribution in [-0.2, 0) is 24.8 Å². The van der Waals surface area contributed by atoms with E-state index < -0.39 is 38.1 Å². The van der Waals surface area contributed by atoms with E-state index >= 15 is 0 Å². The van der Waals surface area contributed by atoms with Crippen LogP contribution in [0, 0.1) is 5.82 Å². The van der Waals surface area contributed by atoms with Crippen LogP contribution in [-0.4, -0.2) is 66.2 Å². The van der Waals surface area contributed by atoms with Gasteiger partial charge in [0.2, 0.25) is 10.0 Å². The van der Waals surface area contributed by atoms with E-state index in [1.54, 1.807) is 6.92 Å². The number of anilines is 2. The summed E-state index contributed by atoms with van der Waals surface area (Å²) in [5.74, 6) is -0.786. The standard InChI is InChI=1S/C20H24FN3O8S2/c1-2-31-9-10-33(27,28)22-12-16-13-24(34(29,30)17-6-3-14(21)4-7-17)18-11-15(23-20(25)26)5-8-19(18)32-16/h3-8,11,16,22-23H,2,9-10,12-13H2,1H3,(H,25,26). The van der Waals surface area contributed by atoms with Gasteiger partial charge < -0.3 is 14.6 Å². The molecule has 0 aliphatic carbocycles. The molecular weight excluding hydrogens is 493 g/mol. The van der Waals surface area contributed by atoms with Crippen molar-refractivity contribution in [2.75, 3.05) is 41.7 Å². The van der Waals surface area contributed by atoms with Crippen LogP contribution in [0.2, 0.25) is 0 Å². The number of hydrogen-bond acceptors (Lipinski definition) is 7. The third-order valence-electron chi connectivity index (χ3n) is 4.78. The summed E-state index contributed by atoms with van der Waals surface area (Å²) in [5.41, 5.74) is 0.148. The lowest BCUT2D eigenvalue weighted by atomic mass is 10.2. The highest BCUT2D eigenvalue weighted by Crippen LogP contribution is 2.39. The van der Waals surface area contributed by atoms with Crippen LogP contribution < -0.4 is 19.1 Å². The Morgan fingerprint density at radius 3 is 2.56 bits per heavy atom. The maximum absolute atomic E-state index is 13.4. The van der Waals surface area contributed by atoms with Gasteiger partial charge in [-0.1, -0.05) is 0 Å². The summed E-state index contributed by atoms with van der Waals surface area (Å²) < 4.78 is 78.7. The van der Waals surface area contributed by atoms with Gasteiger partial charge in [0.25, 0.3) is 10.0 Å². The molecule has 2 aromatic rings. The van der Waals surface area contributed by atoms with Crippen molar-refractivity contribution in [1.29, 1.82) is 0 Å². The Morgan fingerprint density at radius 1 is 1.21 bits per heavy atom. The number of ether oxygens (including phenoxy) is 2. The Labute approximate surface area is 196 Å². The fourth-order valence-corrected chi connectivity index (χ4v) is 5.61. The lowest BCUT2D eigenvalue weighted by Crippen LogP contribution is -2.48. The minimum atomic E-state index is -4.23. The highest BCUT2D eigenvalue weighted by atomic mass is 32.2. The van der Waals surface area contributed by atoms with Gasteiger partial charge in [0.15, 0.2) is 0 Å². The van der Waals surface area contributed by atoms with E-state index in [9.17, 15) is 26.0 Å². The molecule has 1 aliphatic rings. The summed E-state index contributed by atoms with van der Waals surface area (Å²) in [6, 6.07) is 8.25. The van der Waals surface area contributed by atoms with Crippen molar-refractivity contribution in [3.8, 4) is 5.75 Å². The zero-order valence-electron chi connectivity index (χ0n) is 18.1. The van der Waals surface area contributed by atoms with Gasteiger partial charge in [0.05, 0.1) is 29.5 Å². The SMILES string of the molecule is CCOCCS(=O)(=O)NCC1CN(S(=O)(=O)c2ccc(F)cc2)c2cc(NC(=O)O)ccc2O1. The molecule has 34 heavy (non-hydrogen) atoms. The molecule has 0 saturated heterocycles.